The van der Waals surface area contributed by atoms with Crippen molar-refractivity contribution in [2.24, 2.45) is 4.99 Å². The van der Waals surface area contributed by atoms with E-state index in [4.69, 9.17) is 5.11 Å². The first-order chi connectivity index (χ1) is 9.60. The Morgan fingerprint density at radius 2 is 2.25 bits per heavy atom. The number of rotatable bonds is 3. The molecule has 20 heavy (non-hydrogen) atoms. The van der Waals surface area contributed by atoms with Gasteiger partial charge in [0.1, 0.15) is 5.69 Å². The summed E-state index contributed by atoms with van der Waals surface area (Å²) in [7, 11) is 0. The standard InChI is InChI=1S/C14H11N3O2S/c1-9-4-10(6-11(5-9)17-14(18)19)12-2-3-15-7-13(12)16-8-20/h2-7,17H,1H3,(H,18,19). The summed E-state index contributed by atoms with van der Waals surface area (Å²) in [5, 5.41) is 13.5. The van der Waals surface area contributed by atoms with Crippen molar-refractivity contribution < 1.29 is 9.90 Å². The van der Waals surface area contributed by atoms with Crippen molar-refractivity contribution in [1.29, 1.82) is 0 Å². The Labute approximate surface area is 121 Å². The first-order valence-corrected chi connectivity index (χ1v) is 6.15. The average Bonchev–Trinajstić information content (AvgIpc) is 2.38. The zero-order valence-corrected chi connectivity index (χ0v) is 11.4. The van der Waals surface area contributed by atoms with Gasteiger partial charge in [0, 0.05) is 17.4 Å². The number of hydrogen-bond donors (Lipinski definition) is 2. The van der Waals surface area contributed by atoms with Crippen LogP contribution in [0.5, 0.6) is 0 Å². The van der Waals surface area contributed by atoms with Gasteiger partial charge in [0.25, 0.3) is 0 Å². The van der Waals surface area contributed by atoms with Crippen LogP contribution in [-0.2, 0) is 0 Å². The van der Waals surface area contributed by atoms with Crippen LogP contribution in [0.2, 0.25) is 0 Å². The Morgan fingerprint density at radius 1 is 1.45 bits per heavy atom. The van der Waals surface area contributed by atoms with Gasteiger partial charge in [0.15, 0.2) is 0 Å². The summed E-state index contributed by atoms with van der Waals surface area (Å²) in [6.07, 6.45) is 2.12. The first-order valence-electron chi connectivity index (χ1n) is 5.74. The molecule has 0 atom stereocenters. The number of aliphatic imine (C=N–C) groups is 1. The van der Waals surface area contributed by atoms with Crippen molar-refractivity contribution in [1.82, 2.24) is 4.98 Å². The molecule has 0 aliphatic rings. The Kier molecular flexibility index (Phi) is 4.20. The highest BCUT2D eigenvalue weighted by atomic mass is 32.1. The van der Waals surface area contributed by atoms with Gasteiger partial charge in [0.2, 0.25) is 0 Å². The summed E-state index contributed by atoms with van der Waals surface area (Å²) >= 11 is 4.62. The maximum absolute atomic E-state index is 10.7. The van der Waals surface area contributed by atoms with Crippen LogP contribution < -0.4 is 5.32 Å². The highest BCUT2D eigenvalue weighted by molar-refractivity contribution is 7.78. The summed E-state index contributed by atoms with van der Waals surface area (Å²) < 4.78 is 0. The number of carbonyl (C=O) groups is 1. The van der Waals surface area contributed by atoms with E-state index < -0.39 is 6.09 Å². The molecule has 2 rings (SSSR count). The summed E-state index contributed by atoms with van der Waals surface area (Å²) in [4.78, 5) is 18.7. The molecule has 6 heteroatoms. The van der Waals surface area contributed by atoms with E-state index in [1.165, 1.54) is 0 Å². The lowest BCUT2D eigenvalue weighted by atomic mass is 10.0. The third kappa shape index (κ3) is 3.26. The molecular weight excluding hydrogens is 274 g/mol. The van der Waals surface area contributed by atoms with Gasteiger partial charge in [0.05, 0.1) is 11.4 Å². The smallest absolute Gasteiger partial charge is 0.409 e. The number of benzene rings is 1. The Hall–Kier alpha value is -2.56. The van der Waals surface area contributed by atoms with Gasteiger partial charge < -0.3 is 5.11 Å². The number of hydrogen-bond acceptors (Lipinski definition) is 4. The zero-order valence-electron chi connectivity index (χ0n) is 10.6. The van der Waals surface area contributed by atoms with Crippen LogP contribution in [0.1, 0.15) is 5.56 Å². The minimum absolute atomic E-state index is 0.501. The lowest BCUT2D eigenvalue weighted by Gasteiger charge is -2.09. The quantitative estimate of drug-likeness (QED) is 0.663. The third-order valence-electron chi connectivity index (χ3n) is 2.61. The molecule has 0 spiro atoms. The van der Waals surface area contributed by atoms with Gasteiger partial charge in [-0.15, -0.1) is 0 Å². The molecule has 5 nitrogen and oxygen atoms in total. The Balaban J connectivity index is 2.55. The number of pyridine rings is 1. The number of isothiocyanates is 1. The SMILES string of the molecule is Cc1cc(NC(=O)O)cc(-c2ccncc2N=C=S)c1. The molecule has 0 bridgehead atoms. The van der Waals surface area contributed by atoms with Crippen LogP contribution >= 0.6 is 12.2 Å². The number of aryl methyl sites for hydroxylation is 1. The first kappa shape index (κ1) is 13.9. The van der Waals surface area contributed by atoms with Crippen molar-refractivity contribution in [3.8, 4) is 11.1 Å². The fourth-order valence-corrected chi connectivity index (χ4v) is 2.00. The molecule has 1 heterocycles. The van der Waals surface area contributed by atoms with Crippen molar-refractivity contribution in [3.63, 3.8) is 0 Å². The maximum atomic E-state index is 10.7. The predicted molar refractivity (Wildman–Crippen MR) is 80.7 cm³/mol. The molecule has 0 radical (unpaired) electrons. The topological polar surface area (TPSA) is 74.6 Å². The van der Waals surface area contributed by atoms with E-state index in [1.54, 1.807) is 30.6 Å². The van der Waals surface area contributed by atoms with Gasteiger partial charge in [-0.2, -0.15) is 4.99 Å². The van der Waals surface area contributed by atoms with Crippen molar-refractivity contribution in [3.05, 3.63) is 42.2 Å². The summed E-state index contributed by atoms with van der Waals surface area (Å²) in [5.74, 6) is 0. The minimum atomic E-state index is -1.10. The van der Waals surface area contributed by atoms with E-state index in [2.05, 4.69) is 32.7 Å². The molecule has 0 unspecified atom stereocenters. The van der Waals surface area contributed by atoms with E-state index in [0.29, 0.717) is 11.4 Å². The summed E-state index contributed by atoms with van der Waals surface area (Å²) in [5.41, 5.74) is 3.67. The van der Waals surface area contributed by atoms with E-state index in [9.17, 15) is 4.79 Å². The van der Waals surface area contributed by atoms with Gasteiger partial charge in [-0.05, 0) is 48.5 Å². The van der Waals surface area contributed by atoms with Crippen LogP contribution in [0.4, 0.5) is 16.2 Å². The zero-order chi connectivity index (χ0) is 14.5. The average molecular weight is 285 g/mol. The van der Waals surface area contributed by atoms with E-state index >= 15 is 0 Å². The monoisotopic (exact) mass is 285 g/mol. The van der Waals surface area contributed by atoms with E-state index in [0.717, 1.165) is 16.7 Å². The number of nitrogens with zero attached hydrogens (tertiary/aromatic N) is 2. The lowest BCUT2D eigenvalue weighted by molar-refractivity contribution is 0.210. The normalized spacial score (nSPS) is 9.65. The molecule has 0 saturated heterocycles. The largest absolute Gasteiger partial charge is 0.465 e. The molecule has 0 saturated carbocycles. The molecule has 100 valence electrons. The molecule has 1 aromatic carbocycles. The van der Waals surface area contributed by atoms with Crippen LogP contribution in [0, 0.1) is 6.92 Å². The summed E-state index contributed by atoms with van der Waals surface area (Å²) in [6.45, 7) is 1.89. The Morgan fingerprint density at radius 3 is 2.95 bits per heavy atom. The van der Waals surface area contributed by atoms with E-state index in [1.807, 2.05) is 13.0 Å². The molecule has 2 N–H and O–H groups in total. The predicted octanol–water partition coefficient (Wildman–Crippen LogP) is 3.88. The maximum Gasteiger partial charge on any atom is 0.409 e. The van der Waals surface area contributed by atoms with Gasteiger partial charge in [-0.25, -0.2) is 4.79 Å². The highest BCUT2D eigenvalue weighted by Gasteiger charge is 2.07. The molecule has 0 aliphatic heterocycles. The van der Waals surface area contributed by atoms with Crippen molar-refractivity contribution in [2.75, 3.05) is 5.32 Å². The van der Waals surface area contributed by atoms with Gasteiger partial charge in [-0.1, -0.05) is 6.07 Å². The lowest BCUT2D eigenvalue weighted by Crippen LogP contribution is -2.07. The van der Waals surface area contributed by atoms with Crippen molar-refractivity contribution in [2.45, 2.75) is 6.92 Å². The third-order valence-corrected chi connectivity index (χ3v) is 2.70. The van der Waals surface area contributed by atoms with Gasteiger partial charge >= 0.3 is 6.09 Å². The molecule has 0 aliphatic carbocycles. The molecule has 0 fully saturated rings. The Bertz CT molecular complexity index is 709. The second kappa shape index (κ2) is 6.06. The summed E-state index contributed by atoms with van der Waals surface area (Å²) in [6, 6.07) is 7.22. The number of aromatic nitrogens is 1. The van der Waals surface area contributed by atoms with Crippen LogP contribution in [0.3, 0.4) is 0 Å². The fourth-order valence-electron chi connectivity index (χ4n) is 1.90. The number of nitrogens with one attached hydrogen (secondary N) is 1. The molecular formula is C14H11N3O2S. The fraction of sp³-hybridized carbons (Fsp3) is 0.0714. The van der Waals surface area contributed by atoms with Gasteiger partial charge in [-0.3, -0.25) is 10.3 Å². The van der Waals surface area contributed by atoms with Crippen LogP contribution in [0.25, 0.3) is 11.1 Å². The van der Waals surface area contributed by atoms with Crippen LogP contribution in [-0.4, -0.2) is 21.3 Å². The number of amides is 1. The number of thiocarbonyl (C=S) groups is 1. The molecule has 1 amide bonds. The molecule has 1 aromatic heterocycles. The second-order valence-electron chi connectivity index (χ2n) is 4.11. The van der Waals surface area contributed by atoms with E-state index in [-0.39, 0.29) is 0 Å². The highest BCUT2D eigenvalue weighted by Crippen LogP contribution is 2.31. The van der Waals surface area contributed by atoms with Crippen LogP contribution in [0.15, 0.2) is 41.7 Å². The minimum Gasteiger partial charge on any atom is -0.465 e. The molecule has 2 aromatic rings. The number of anilines is 1. The number of carboxylic acid groups (broad SMARTS) is 1. The van der Waals surface area contributed by atoms with Crippen molar-refractivity contribution >= 4 is 34.8 Å². The second-order valence-corrected chi connectivity index (χ2v) is 4.30.